The third-order valence-electron chi connectivity index (χ3n) is 3.78. The van der Waals surface area contributed by atoms with E-state index in [0.29, 0.717) is 27.1 Å². The number of amides is 1. The van der Waals surface area contributed by atoms with Crippen LogP contribution in [0, 0.1) is 12.3 Å². The van der Waals surface area contributed by atoms with Crippen LogP contribution in [0.3, 0.4) is 0 Å². The fraction of sp³-hybridized carbons (Fsp3) is 0.105. The molecule has 7 heteroatoms. The Morgan fingerprint density at radius 1 is 1.19 bits per heavy atom. The molecule has 2 aromatic carbocycles. The summed E-state index contributed by atoms with van der Waals surface area (Å²) in [5, 5.41) is 8.90. The number of aromatic nitrogens is 2. The molecular formula is C19H13Cl2N3O2. The van der Waals surface area contributed by atoms with Crippen LogP contribution in [0.1, 0.15) is 16.1 Å². The van der Waals surface area contributed by atoms with Crippen molar-refractivity contribution in [2.45, 2.75) is 13.1 Å². The average molecular weight is 386 g/mol. The summed E-state index contributed by atoms with van der Waals surface area (Å²) < 4.78 is 1.21. The third-order valence-corrected chi connectivity index (χ3v) is 4.33. The maximum absolute atomic E-state index is 12.4. The van der Waals surface area contributed by atoms with E-state index >= 15 is 0 Å². The van der Waals surface area contributed by atoms with E-state index in [9.17, 15) is 9.59 Å². The van der Waals surface area contributed by atoms with Crippen LogP contribution >= 0.6 is 23.2 Å². The summed E-state index contributed by atoms with van der Waals surface area (Å²) in [6.45, 7) is 0.163. The van der Waals surface area contributed by atoms with Gasteiger partial charge in [-0.1, -0.05) is 47.3 Å². The zero-order chi connectivity index (χ0) is 18.7. The van der Waals surface area contributed by atoms with Crippen molar-refractivity contribution < 1.29 is 4.79 Å². The molecule has 0 unspecified atom stereocenters. The topological polar surface area (TPSA) is 64.0 Å². The van der Waals surface area contributed by atoms with Crippen molar-refractivity contribution in [3.63, 3.8) is 0 Å². The smallest absolute Gasteiger partial charge is 0.275 e. The Morgan fingerprint density at radius 2 is 1.92 bits per heavy atom. The second-order valence-corrected chi connectivity index (χ2v) is 6.31. The Balaban J connectivity index is 1.93. The zero-order valence-electron chi connectivity index (χ0n) is 13.5. The number of nitrogens with zero attached hydrogens (tertiary/aromatic N) is 2. The van der Waals surface area contributed by atoms with Gasteiger partial charge in [-0.05, 0) is 24.3 Å². The van der Waals surface area contributed by atoms with E-state index in [1.165, 1.54) is 10.7 Å². The lowest BCUT2D eigenvalue weighted by Crippen LogP contribution is -2.28. The van der Waals surface area contributed by atoms with Gasteiger partial charge in [-0.2, -0.15) is 5.10 Å². The van der Waals surface area contributed by atoms with Gasteiger partial charge in [0.05, 0.1) is 28.2 Å². The van der Waals surface area contributed by atoms with Gasteiger partial charge in [0.15, 0.2) is 0 Å². The number of benzene rings is 2. The lowest BCUT2D eigenvalue weighted by Gasteiger charge is -2.11. The fourth-order valence-electron chi connectivity index (χ4n) is 2.56. The van der Waals surface area contributed by atoms with Crippen molar-refractivity contribution in [3.8, 4) is 12.3 Å². The summed E-state index contributed by atoms with van der Waals surface area (Å²) >= 11 is 11.9. The van der Waals surface area contributed by atoms with Gasteiger partial charge < -0.3 is 5.32 Å². The highest BCUT2D eigenvalue weighted by atomic mass is 35.5. The molecule has 0 radical (unpaired) electrons. The second kappa shape index (κ2) is 7.61. The van der Waals surface area contributed by atoms with Gasteiger partial charge in [0, 0.05) is 10.4 Å². The number of nitrogens with one attached hydrogen (secondary N) is 1. The van der Waals surface area contributed by atoms with Crippen LogP contribution in [0.15, 0.2) is 47.3 Å². The third kappa shape index (κ3) is 3.57. The van der Waals surface area contributed by atoms with Crippen LogP contribution in [-0.2, 0) is 13.1 Å². The molecule has 1 heterocycles. The summed E-state index contributed by atoms with van der Waals surface area (Å²) in [4.78, 5) is 24.8. The van der Waals surface area contributed by atoms with E-state index in [-0.39, 0.29) is 29.6 Å². The van der Waals surface area contributed by atoms with Crippen molar-refractivity contribution in [2.24, 2.45) is 0 Å². The largest absolute Gasteiger partial charge is 0.346 e. The molecule has 0 spiro atoms. The van der Waals surface area contributed by atoms with Crippen molar-refractivity contribution in [1.82, 2.24) is 15.1 Å². The molecule has 3 rings (SSSR count). The molecule has 0 aliphatic heterocycles. The minimum absolute atomic E-state index is 0.0492. The lowest BCUT2D eigenvalue weighted by atomic mass is 10.1. The van der Waals surface area contributed by atoms with E-state index in [2.05, 4.69) is 16.3 Å². The predicted octanol–water partition coefficient (Wildman–Crippen LogP) is 3.27. The summed E-state index contributed by atoms with van der Waals surface area (Å²) in [5.41, 5.74) is 0.570. The van der Waals surface area contributed by atoms with Gasteiger partial charge in [-0.3, -0.25) is 9.59 Å². The molecule has 26 heavy (non-hydrogen) atoms. The maximum atomic E-state index is 12.4. The molecule has 5 nitrogen and oxygen atoms in total. The number of terminal acetylenes is 1. The highest BCUT2D eigenvalue weighted by Crippen LogP contribution is 2.21. The molecule has 0 saturated carbocycles. The average Bonchev–Trinajstić information content (AvgIpc) is 2.63. The number of halogens is 2. The van der Waals surface area contributed by atoms with Gasteiger partial charge in [0.25, 0.3) is 11.5 Å². The molecule has 130 valence electrons. The summed E-state index contributed by atoms with van der Waals surface area (Å²) in [7, 11) is 0. The fourth-order valence-corrected chi connectivity index (χ4v) is 3.06. The predicted molar refractivity (Wildman–Crippen MR) is 102 cm³/mol. The van der Waals surface area contributed by atoms with E-state index in [1.54, 1.807) is 36.4 Å². The maximum Gasteiger partial charge on any atom is 0.275 e. The minimum Gasteiger partial charge on any atom is -0.346 e. The molecule has 0 bridgehead atoms. The Hall–Kier alpha value is -2.81. The Bertz CT molecular complexity index is 1100. The SMILES string of the molecule is C#CCn1nc(CNC(=O)c2ccc(Cl)cc2Cl)c2ccccc2c1=O. The first-order valence-corrected chi connectivity index (χ1v) is 8.42. The Labute approximate surface area is 159 Å². The number of hydrogen-bond acceptors (Lipinski definition) is 3. The van der Waals surface area contributed by atoms with Crippen LogP contribution in [0.4, 0.5) is 0 Å². The highest BCUT2D eigenvalue weighted by molar-refractivity contribution is 6.36. The molecule has 0 aliphatic carbocycles. The number of carbonyl (C=O) groups excluding carboxylic acids is 1. The van der Waals surface area contributed by atoms with Crippen LogP contribution < -0.4 is 10.9 Å². The highest BCUT2D eigenvalue weighted by Gasteiger charge is 2.14. The van der Waals surface area contributed by atoms with Gasteiger partial charge >= 0.3 is 0 Å². The number of fused-ring (bicyclic) bond motifs is 1. The molecular weight excluding hydrogens is 373 g/mol. The van der Waals surface area contributed by atoms with Crippen molar-refractivity contribution >= 4 is 39.9 Å². The van der Waals surface area contributed by atoms with Crippen molar-refractivity contribution in [1.29, 1.82) is 0 Å². The van der Waals surface area contributed by atoms with Gasteiger partial charge in [-0.15, -0.1) is 6.42 Å². The van der Waals surface area contributed by atoms with Crippen LogP contribution in [0.5, 0.6) is 0 Å². The summed E-state index contributed by atoms with van der Waals surface area (Å²) in [6, 6.07) is 11.7. The zero-order valence-corrected chi connectivity index (χ0v) is 15.0. The lowest BCUT2D eigenvalue weighted by molar-refractivity contribution is 0.0950. The molecule has 1 aromatic heterocycles. The minimum atomic E-state index is -0.368. The first-order valence-electron chi connectivity index (χ1n) is 7.66. The van der Waals surface area contributed by atoms with Crippen LogP contribution in [0.25, 0.3) is 10.8 Å². The standard InChI is InChI=1S/C19H13Cl2N3O2/c1-2-9-24-19(26)14-6-4-3-5-13(14)17(23-24)11-22-18(25)15-8-7-12(20)10-16(15)21/h1,3-8,10H,9,11H2,(H,22,25). The quantitative estimate of drug-likeness (QED) is 0.700. The molecule has 1 amide bonds. The normalized spacial score (nSPS) is 10.5. The Kier molecular flexibility index (Phi) is 5.27. The molecule has 0 atom stereocenters. The Morgan fingerprint density at radius 3 is 2.62 bits per heavy atom. The molecule has 0 fully saturated rings. The summed E-state index contributed by atoms with van der Waals surface area (Å²) in [6.07, 6.45) is 5.31. The monoisotopic (exact) mass is 385 g/mol. The van der Waals surface area contributed by atoms with Gasteiger partial charge in [-0.25, -0.2) is 4.68 Å². The first-order chi connectivity index (χ1) is 12.5. The molecule has 1 N–H and O–H groups in total. The van der Waals surface area contributed by atoms with E-state index in [4.69, 9.17) is 29.6 Å². The van der Waals surface area contributed by atoms with Crippen molar-refractivity contribution in [3.05, 3.63) is 74.1 Å². The first kappa shape index (κ1) is 18.0. The van der Waals surface area contributed by atoms with E-state index in [1.807, 2.05) is 0 Å². The molecule has 3 aromatic rings. The number of hydrogen-bond donors (Lipinski definition) is 1. The van der Waals surface area contributed by atoms with Crippen molar-refractivity contribution in [2.75, 3.05) is 0 Å². The summed E-state index contributed by atoms with van der Waals surface area (Å²) in [5.74, 6) is 2.04. The van der Waals surface area contributed by atoms with Gasteiger partial charge in [0.2, 0.25) is 0 Å². The second-order valence-electron chi connectivity index (χ2n) is 5.47. The van der Waals surface area contributed by atoms with Crippen LogP contribution in [-0.4, -0.2) is 15.7 Å². The molecule has 0 aliphatic rings. The van der Waals surface area contributed by atoms with E-state index < -0.39 is 0 Å². The van der Waals surface area contributed by atoms with Gasteiger partial charge in [0.1, 0.15) is 6.54 Å². The molecule has 0 saturated heterocycles. The number of rotatable bonds is 4. The van der Waals surface area contributed by atoms with Crippen LogP contribution in [0.2, 0.25) is 10.0 Å². The number of carbonyl (C=O) groups is 1. The van der Waals surface area contributed by atoms with E-state index in [0.717, 1.165) is 0 Å².